The molecule has 2 nitrogen and oxygen atoms in total. The van der Waals surface area contributed by atoms with Gasteiger partial charge >= 0.3 is 0 Å². The van der Waals surface area contributed by atoms with Crippen LogP contribution in [0.1, 0.15) is 50.7 Å². The van der Waals surface area contributed by atoms with E-state index in [1.165, 1.54) is 19.3 Å². The highest BCUT2D eigenvalue weighted by molar-refractivity contribution is 5.44. The van der Waals surface area contributed by atoms with Crippen LogP contribution in [0.25, 0.3) is 0 Å². The van der Waals surface area contributed by atoms with Crippen molar-refractivity contribution in [1.29, 1.82) is 0 Å². The standard InChI is InChI=1S/C18H27NO/c1-5-18(3)16-14(17(18)19-6-2)10-8-12-7-9-13(20-4)11-15(12)16/h7,9,11,14,16-17,19H,5-6,8,10H2,1-4H3. The van der Waals surface area contributed by atoms with E-state index < -0.39 is 0 Å². The van der Waals surface area contributed by atoms with Gasteiger partial charge in [0.1, 0.15) is 5.75 Å². The van der Waals surface area contributed by atoms with Crippen molar-refractivity contribution in [2.45, 2.75) is 52.0 Å². The summed E-state index contributed by atoms with van der Waals surface area (Å²) in [5.41, 5.74) is 3.49. The number of hydrogen-bond acceptors (Lipinski definition) is 2. The topological polar surface area (TPSA) is 21.3 Å². The van der Waals surface area contributed by atoms with Gasteiger partial charge in [0.15, 0.2) is 0 Å². The minimum Gasteiger partial charge on any atom is -0.497 e. The molecule has 0 aromatic heterocycles. The zero-order valence-corrected chi connectivity index (χ0v) is 13.2. The maximum Gasteiger partial charge on any atom is 0.119 e. The van der Waals surface area contributed by atoms with Crippen LogP contribution in [0.2, 0.25) is 0 Å². The zero-order chi connectivity index (χ0) is 14.3. The molecule has 0 saturated heterocycles. The fourth-order valence-electron chi connectivity index (χ4n) is 4.75. The van der Waals surface area contributed by atoms with Crippen LogP contribution in [0.5, 0.6) is 5.75 Å². The second kappa shape index (κ2) is 5.07. The first-order valence-corrected chi connectivity index (χ1v) is 8.05. The Balaban J connectivity index is 1.99. The molecule has 2 aliphatic carbocycles. The van der Waals surface area contributed by atoms with Crippen LogP contribution in [0.3, 0.4) is 0 Å². The second-order valence-electron chi connectivity index (χ2n) is 6.64. The second-order valence-corrected chi connectivity index (χ2v) is 6.64. The van der Waals surface area contributed by atoms with Crippen LogP contribution in [0, 0.1) is 11.3 Å². The van der Waals surface area contributed by atoms with E-state index in [1.807, 2.05) is 0 Å². The lowest BCUT2D eigenvalue weighted by atomic mass is 9.45. The van der Waals surface area contributed by atoms with Gasteiger partial charge in [-0.1, -0.05) is 26.8 Å². The van der Waals surface area contributed by atoms with Gasteiger partial charge < -0.3 is 10.1 Å². The number of aryl methyl sites for hydroxylation is 1. The molecule has 20 heavy (non-hydrogen) atoms. The van der Waals surface area contributed by atoms with Gasteiger partial charge in [0.2, 0.25) is 0 Å². The summed E-state index contributed by atoms with van der Waals surface area (Å²) < 4.78 is 5.45. The summed E-state index contributed by atoms with van der Waals surface area (Å²) in [5, 5.41) is 3.75. The lowest BCUT2D eigenvalue weighted by molar-refractivity contribution is -0.0391. The fourth-order valence-corrected chi connectivity index (χ4v) is 4.75. The molecule has 1 saturated carbocycles. The Morgan fingerprint density at radius 2 is 2.15 bits per heavy atom. The van der Waals surface area contributed by atoms with Crippen molar-refractivity contribution >= 4 is 0 Å². The molecule has 0 amide bonds. The summed E-state index contributed by atoms with van der Waals surface area (Å²) >= 11 is 0. The van der Waals surface area contributed by atoms with E-state index in [2.05, 4.69) is 44.3 Å². The Labute approximate surface area is 122 Å². The SMILES string of the molecule is CCNC1C2CCc3ccc(OC)cc3C2C1(C)CC. The van der Waals surface area contributed by atoms with Gasteiger partial charge in [0, 0.05) is 6.04 Å². The maximum atomic E-state index is 5.45. The first-order chi connectivity index (χ1) is 9.65. The van der Waals surface area contributed by atoms with Crippen molar-refractivity contribution < 1.29 is 4.74 Å². The van der Waals surface area contributed by atoms with Gasteiger partial charge in [-0.05, 0) is 66.3 Å². The van der Waals surface area contributed by atoms with E-state index in [9.17, 15) is 0 Å². The lowest BCUT2D eigenvalue weighted by Crippen LogP contribution is -2.64. The number of fused-ring (bicyclic) bond motifs is 3. The number of nitrogens with one attached hydrogen (secondary N) is 1. The molecule has 0 radical (unpaired) electrons. The minimum atomic E-state index is 0.391. The van der Waals surface area contributed by atoms with Crippen molar-refractivity contribution in [2.24, 2.45) is 11.3 Å². The smallest absolute Gasteiger partial charge is 0.119 e. The normalized spacial score (nSPS) is 34.9. The number of benzene rings is 1. The van der Waals surface area contributed by atoms with E-state index in [1.54, 1.807) is 18.2 Å². The van der Waals surface area contributed by atoms with Crippen molar-refractivity contribution in [3.8, 4) is 5.75 Å². The Morgan fingerprint density at radius 3 is 2.80 bits per heavy atom. The summed E-state index contributed by atoms with van der Waals surface area (Å²) in [7, 11) is 1.77. The van der Waals surface area contributed by atoms with Gasteiger partial charge in [-0.2, -0.15) is 0 Å². The Hall–Kier alpha value is -1.02. The van der Waals surface area contributed by atoms with Gasteiger partial charge in [-0.3, -0.25) is 0 Å². The molecule has 1 aromatic rings. The predicted molar refractivity (Wildman–Crippen MR) is 83.4 cm³/mol. The summed E-state index contributed by atoms with van der Waals surface area (Å²) in [5.74, 6) is 2.52. The van der Waals surface area contributed by atoms with Crippen LogP contribution in [-0.2, 0) is 6.42 Å². The van der Waals surface area contributed by atoms with Crippen LogP contribution in [0.15, 0.2) is 18.2 Å². The van der Waals surface area contributed by atoms with E-state index in [0.29, 0.717) is 17.4 Å². The van der Waals surface area contributed by atoms with Crippen LogP contribution in [0.4, 0.5) is 0 Å². The highest BCUT2D eigenvalue weighted by atomic mass is 16.5. The summed E-state index contributed by atoms with van der Waals surface area (Å²) in [6.07, 6.45) is 3.79. The summed E-state index contributed by atoms with van der Waals surface area (Å²) in [4.78, 5) is 0. The summed E-state index contributed by atoms with van der Waals surface area (Å²) in [6.45, 7) is 8.11. The third kappa shape index (κ3) is 1.81. The lowest BCUT2D eigenvalue weighted by Gasteiger charge is -2.63. The largest absolute Gasteiger partial charge is 0.497 e. The molecule has 0 spiro atoms. The van der Waals surface area contributed by atoms with E-state index in [0.717, 1.165) is 18.2 Å². The highest BCUT2D eigenvalue weighted by Gasteiger charge is 2.59. The number of ether oxygens (including phenoxy) is 1. The van der Waals surface area contributed by atoms with E-state index in [4.69, 9.17) is 4.74 Å². The van der Waals surface area contributed by atoms with Crippen LogP contribution >= 0.6 is 0 Å². The third-order valence-electron chi connectivity index (χ3n) is 5.90. The molecule has 2 aliphatic rings. The summed E-state index contributed by atoms with van der Waals surface area (Å²) in [6, 6.07) is 7.37. The van der Waals surface area contributed by atoms with Gasteiger partial charge in [0.25, 0.3) is 0 Å². The number of methoxy groups -OCH3 is 1. The molecular weight excluding hydrogens is 246 g/mol. The molecule has 4 unspecified atom stereocenters. The number of hydrogen-bond donors (Lipinski definition) is 1. The molecule has 1 fully saturated rings. The molecule has 3 rings (SSSR count). The Bertz CT molecular complexity index is 498. The Morgan fingerprint density at radius 1 is 1.35 bits per heavy atom. The average Bonchev–Trinajstić information content (AvgIpc) is 2.49. The van der Waals surface area contributed by atoms with E-state index in [-0.39, 0.29) is 0 Å². The monoisotopic (exact) mass is 273 g/mol. The molecule has 0 heterocycles. The van der Waals surface area contributed by atoms with Crippen LogP contribution in [-0.4, -0.2) is 19.7 Å². The number of rotatable bonds is 4. The first-order valence-electron chi connectivity index (χ1n) is 8.05. The predicted octanol–water partition coefficient (Wildman–Crippen LogP) is 3.75. The molecule has 4 atom stereocenters. The Kier molecular flexibility index (Phi) is 3.53. The van der Waals surface area contributed by atoms with Gasteiger partial charge in [-0.15, -0.1) is 0 Å². The first kappa shape index (κ1) is 13.9. The van der Waals surface area contributed by atoms with Gasteiger partial charge in [0.05, 0.1) is 7.11 Å². The zero-order valence-electron chi connectivity index (χ0n) is 13.2. The fraction of sp³-hybridized carbons (Fsp3) is 0.667. The molecule has 0 bridgehead atoms. The van der Waals surface area contributed by atoms with Gasteiger partial charge in [-0.25, -0.2) is 0 Å². The quantitative estimate of drug-likeness (QED) is 0.902. The van der Waals surface area contributed by atoms with Crippen LogP contribution < -0.4 is 10.1 Å². The third-order valence-corrected chi connectivity index (χ3v) is 5.90. The van der Waals surface area contributed by atoms with Crippen molar-refractivity contribution in [3.63, 3.8) is 0 Å². The molecule has 2 heteroatoms. The molecule has 0 aliphatic heterocycles. The molecular formula is C18H27NO. The average molecular weight is 273 g/mol. The van der Waals surface area contributed by atoms with Crippen molar-refractivity contribution in [2.75, 3.05) is 13.7 Å². The minimum absolute atomic E-state index is 0.391. The highest BCUT2D eigenvalue weighted by Crippen LogP contribution is 2.62. The van der Waals surface area contributed by atoms with Crippen molar-refractivity contribution in [1.82, 2.24) is 5.32 Å². The maximum absolute atomic E-state index is 5.45. The van der Waals surface area contributed by atoms with E-state index >= 15 is 0 Å². The molecule has 1 aromatic carbocycles. The molecule has 1 N–H and O–H groups in total. The van der Waals surface area contributed by atoms with Crippen molar-refractivity contribution in [3.05, 3.63) is 29.3 Å². The molecule has 110 valence electrons.